The van der Waals surface area contributed by atoms with Crippen molar-refractivity contribution in [3.8, 4) is 0 Å². The molecule has 0 saturated heterocycles. The number of imidazole rings is 1. The summed E-state index contributed by atoms with van der Waals surface area (Å²) in [6.07, 6.45) is -3.01. The molecule has 0 saturated carbocycles. The largest absolute Gasteiger partial charge is 0.425 e. The van der Waals surface area contributed by atoms with E-state index in [0.717, 1.165) is 21.2 Å². The fourth-order valence-corrected chi connectivity index (χ4v) is 3.75. The van der Waals surface area contributed by atoms with Crippen LogP contribution in [0.25, 0.3) is 0 Å². The molecule has 1 N–H and O–H groups in total. The van der Waals surface area contributed by atoms with Gasteiger partial charge in [-0.3, -0.25) is 4.79 Å². The van der Waals surface area contributed by atoms with Gasteiger partial charge in [0.1, 0.15) is 0 Å². The minimum Gasteiger partial charge on any atom is -0.374 e. The van der Waals surface area contributed by atoms with Gasteiger partial charge in [0.05, 0.1) is 6.42 Å². The van der Waals surface area contributed by atoms with E-state index < -0.39 is 29.9 Å². The molecule has 1 amide bonds. The van der Waals surface area contributed by atoms with Gasteiger partial charge >= 0.3 is 6.18 Å². The molecule has 1 aliphatic rings. The zero-order valence-electron chi connectivity index (χ0n) is 12.9. The lowest BCUT2D eigenvalue weighted by Gasteiger charge is -2.33. The second kappa shape index (κ2) is 5.89. The first-order valence-electron chi connectivity index (χ1n) is 7.32. The van der Waals surface area contributed by atoms with E-state index in [9.17, 15) is 23.1 Å². The van der Waals surface area contributed by atoms with E-state index in [2.05, 4.69) is 4.98 Å². The minimum absolute atomic E-state index is 0.270. The molecule has 130 valence electrons. The molecular formula is C15H16F3N3O2S. The first-order chi connectivity index (χ1) is 11.2. The van der Waals surface area contributed by atoms with Gasteiger partial charge in [-0.25, -0.2) is 4.98 Å². The highest BCUT2D eigenvalue weighted by atomic mass is 32.1. The normalized spacial score (nSPS) is 17.5. The van der Waals surface area contributed by atoms with Crippen LogP contribution in [0.1, 0.15) is 22.7 Å². The third-order valence-electron chi connectivity index (χ3n) is 4.23. The van der Waals surface area contributed by atoms with Gasteiger partial charge in [0.25, 0.3) is 0 Å². The van der Waals surface area contributed by atoms with Crippen LogP contribution in [-0.4, -0.2) is 38.2 Å². The van der Waals surface area contributed by atoms with Crippen LogP contribution in [0.4, 0.5) is 13.2 Å². The number of rotatable bonds is 3. The number of carbonyl (C=O) groups excluding carboxylic acids is 1. The number of thiophene rings is 1. The van der Waals surface area contributed by atoms with Crippen LogP contribution < -0.4 is 0 Å². The van der Waals surface area contributed by atoms with Crippen LogP contribution in [0.15, 0.2) is 23.8 Å². The van der Waals surface area contributed by atoms with E-state index in [-0.39, 0.29) is 6.54 Å². The molecule has 1 aliphatic heterocycles. The molecule has 9 heteroatoms. The number of carbonyl (C=O) groups is 1. The number of alkyl halides is 3. The summed E-state index contributed by atoms with van der Waals surface area (Å²) in [5.74, 6) is -1.33. The van der Waals surface area contributed by atoms with E-state index in [1.807, 2.05) is 11.4 Å². The lowest BCUT2D eigenvalue weighted by atomic mass is 9.96. The monoisotopic (exact) mass is 359 g/mol. The summed E-state index contributed by atoms with van der Waals surface area (Å²) in [6.45, 7) is 0.618. The Hall–Kier alpha value is -1.87. The molecule has 3 rings (SSSR count). The van der Waals surface area contributed by atoms with Crippen LogP contribution in [-0.2, 0) is 30.4 Å². The number of aromatic nitrogens is 2. The van der Waals surface area contributed by atoms with Gasteiger partial charge in [0.2, 0.25) is 11.5 Å². The molecule has 2 aromatic heterocycles. The van der Waals surface area contributed by atoms with Crippen molar-refractivity contribution >= 4 is 17.2 Å². The SMILES string of the molecule is Cn1ccnc1[C@@](O)(CC(=O)N1CCc2sccc2C1)C(F)(F)F. The highest BCUT2D eigenvalue weighted by molar-refractivity contribution is 7.10. The molecule has 5 nitrogen and oxygen atoms in total. The molecule has 0 radical (unpaired) electrons. The summed E-state index contributed by atoms with van der Waals surface area (Å²) in [4.78, 5) is 18.5. The lowest BCUT2D eigenvalue weighted by Crippen LogP contribution is -2.49. The molecule has 24 heavy (non-hydrogen) atoms. The maximum atomic E-state index is 13.5. The minimum atomic E-state index is -5.01. The topological polar surface area (TPSA) is 58.4 Å². The van der Waals surface area contributed by atoms with Crippen molar-refractivity contribution in [1.29, 1.82) is 0 Å². The van der Waals surface area contributed by atoms with Gasteiger partial charge in [-0.1, -0.05) is 0 Å². The predicted octanol–water partition coefficient (Wildman–Crippen LogP) is 2.21. The predicted molar refractivity (Wildman–Crippen MR) is 81.2 cm³/mol. The van der Waals surface area contributed by atoms with Crippen molar-refractivity contribution in [2.45, 2.75) is 31.2 Å². The zero-order chi connectivity index (χ0) is 17.5. The van der Waals surface area contributed by atoms with Crippen LogP contribution >= 0.6 is 11.3 Å². The van der Waals surface area contributed by atoms with Crippen molar-refractivity contribution in [1.82, 2.24) is 14.5 Å². The molecule has 0 fully saturated rings. The molecule has 2 aromatic rings. The molecule has 0 aromatic carbocycles. The Balaban J connectivity index is 1.84. The van der Waals surface area contributed by atoms with Crippen molar-refractivity contribution in [3.63, 3.8) is 0 Å². The fraction of sp³-hybridized carbons (Fsp3) is 0.467. The summed E-state index contributed by atoms with van der Waals surface area (Å²) in [5.41, 5.74) is -2.36. The van der Waals surface area contributed by atoms with Crippen LogP contribution in [0, 0.1) is 0 Å². The van der Waals surface area contributed by atoms with Crippen LogP contribution in [0.2, 0.25) is 0 Å². The van der Waals surface area contributed by atoms with Crippen molar-refractivity contribution in [3.05, 3.63) is 40.1 Å². The van der Waals surface area contributed by atoms with E-state index >= 15 is 0 Å². The number of aryl methyl sites for hydroxylation is 1. The summed E-state index contributed by atoms with van der Waals surface area (Å²) in [6, 6.07) is 1.87. The third kappa shape index (κ3) is 2.82. The molecule has 0 aliphatic carbocycles. The zero-order valence-corrected chi connectivity index (χ0v) is 13.7. The Morgan fingerprint density at radius 3 is 2.83 bits per heavy atom. The number of halogens is 3. The molecule has 1 atom stereocenters. The number of hydrogen-bond acceptors (Lipinski definition) is 4. The Labute approximate surface area is 140 Å². The summed E-state index contributed by atoms with van der Waals surface area (Å²) in [7, 11) is 1.35. The Bertz CT molecular complexity index is 755. The number of amides is 1. The van der Waals surface area contributed by atoms with Crippen molar-refractivity contribution < 1.29 is 23.1 Å². The second-order valence-corrected chi connectivity index (χ2v) is 6.83. The van der Waals surface area contributed by atoms with Gasteiger partial charge in [-0.05, 0) is 23.4 Å². The first kappa shape index (κ1) is 17.0. The number of fused-ring (bicyclic) bond motifs is 1. The quantitative estimate of drug-likeness (QED) is 0.914. The highest BCUT2D eigenvalue weighted by Gasteiger charge is 2.59. The molecule has 0 unspecified atom stereocenters. The first-order valence-corrected chi connectivity index (χ1v) is 8.20. The lowest BCUT2D eigenvalue weighted by molar-refractivity contribution is -0.272. The fourth-order valence-electron chi connectivity index (χ4n) is 2.86. The Kier molecular flexibility index (Phi) is 4.16. The average Bonchev–Trinajstić information content (AvgIpc) is 3.13. The van der Waals surface area contributed by atoms with Crippen molar-refractivity contribution in [2.24, 2.45) is 7.05 Å². The molecule has 0 spiro atoms. The second-order valence-electron chi connectivity index (χ2n) is 5.83. The molecular weight excluding hydrogens is 343 g/mol. The molecule has 3 heterocycles. The van der Waals surface area contributed by atoms with E-state index in [4.69, 9.17) is 0 Å². The van der Waals surface area contributed by atoms with Gasteiger partial charge in [-0.15, -0.1) is 11.3 Å². The van der Waals surface area contributed by atoms with Crippen LogP contribution in [0.5, 0.6) is 0 Å². The number of nitrogens with zero attached hydrogens (tertiary/aromatic N) is 3. The standard InChI is InChI=1S/C15H16F3N3O2S/c1-20-6-4-19-13(20)14(23,15(16,17)18)8-12(22)21-5-2-11-10(9-21)3-7-24-11/h3-4,6-7,23H,2,5,8-9H2,1H3/t14-/m0/s1. The van der Waals surface area contributed by atoms with Gasteiger partial charge in [-0.2, -0.15) is 13.2 Å². The van der Waals surface area contributed by atoms with Gasteiger partial charge in [0, 0.05) is 37.4 Å². The average molecular weight is 359 g/mol. The summed E-state index contributed by atoms with van der Waals surface area (Å²) >= 11 is 1.58. The number of hydrogen-bond donors (Lipinski definition) is 1. The third-order valence-corrected chi connectivity index (χ3v) is 5.25. The van der Waals surface area contributed by atoms with E-state index in [1.54, 1.807) is 11.3 Å². The Morgan fingerprint density at radius 1 is 1.46 bits per heavy atom. The van der Waals surface area contributed by atoms with E-state index in [0.29, 0.717) is 13.0 Å². The highest BCUT2D eigenvalue weighted by Crippen LogP contribution is 2.41. The summed E-state index contributed by atoms with van der Waals surface area (Å²) in [5, 5.41) is 12.2. The smallest absolute Gasteiger partial charge is 0.374 e. The van der Waals surface area contributed by atoms with Crippen molar-refractivity contribution in [2.75, 3.05) is 6.54 Å². The maximum Gasteiger partial charge on any atom is 0.425 e. The molecule has 0 bridgehead atoms. The van der Waals surface area contributed by atoms with Crippen LogP contribution in [0.3, 0.4) is 0 Å². The maximum absolute atomic E-state index is 13.5. The van der Waals surface area contributed by atoms with Gasteiger partial charge < -0.3 is 14.6 Å². The van der Waals surface area contributed by atoms with E-state index in [1.165, 1.54) is 18.1 Å². The van der Waals surface area contributed by atoms with Gasteiger partial charge in [0.15, 0.2) is 5.82 Å². The number of aliphatic hydroxyl groups is 1. The summed E-state index contributed by atoms with van der Waals surface area (Å²) < 4.78 is 41.6. The Morgan fingerprint density at radius 2 is 2.21 bits per heavy atom.